The number of aromatic amines is 1. The van der Waals surface area contributed by atoms with Crippen molar-refractivity contribution in [2.24, 2.45) is 0 Å². The van der Waals surface area contributed by atoms with Crippen molar-refractivity contribution in [3.63, 3.8) is 0 Å². The Morgan fingerprint density at radius 1 is 0.600 bits per heavy atom. The number of fused-ring (bicyclic) bond motifs is 10. The molecule has 1 N–H and O–H groups in total. The van der Waals surface area contributed by atoms with Gasteiger partial charge in [-0.2, -0.15) is 0 Å². The van der Waals surface area contributed by atoms with E-state index in [-0.39, 0.29) is 0 Å². The summed E-state index contributed by atoms with van der Waals surface area (Å²) in [6.45, 7) is 0. The minimum absolute atomic E-state index is 1.07. The third-order valence-corrected chi connectivity index (χ3v) is 6.21. The minimum Gasteiger partial charge on any atom is -0.359 e. The van der Waals surface area contributed by atoms with Gasteiger partial charge in [-0.25, -0.2) is 0 Å². The molecule has 0 fully saturated rings. The van der Waals surface area contributed by atoms with E-state index in [0.717, 1.165) is 16.7 Å². The Morgan fingerprint density at radius 2 is 1.40 bits per heavy atom. The van der Waals surface area contributed by atoms with Crippen LogP contribution in [0.3, 0.4) is 0 Å². The van der Waals surface area contributed by atoms with Crippen LogP contribution in [0.5, 0.6) is 0 Å². The largest absolute Gasteiger partial charge is 0.359 e. The molecule has 4 aromatic carbocycles. The van der Waals surface area contributed by atoms with Crippen LogP contribution in [0.15, 0.2) is 97.3 Å². The number of rotatable bonds is 1. The summed E-state index contributed by atoms with van der Waals surface area (Å²) in [7, 11) is 0. The van der Waals surface area contributed by atoms with Crippen molar-refractivity contribution < 1.29 is 0 Å². The number of H-pyrrole nitrogens is 1. The van der Waals surface area contributed by atoms with Crippen LogP contribution in [0.1, 0.15) is 0 Å². The number of nitrogens with one attached hydrogen (secondary N) is 1. The van der Waals surface area contributed by atoms with E-state index in [4.69, 9.17) is 4.98 Å². The summed E-state index contributed by atoms with van der Waals surface area (Å²) >= 11 is 0. The third-order valence-electron chi connectivity index (χ3n) is 6.21. The van der Waals surface area contributed by atoms with E-state index in [0.29, 0.717) is 0 Å². The number of hydrogen-bond donors (Lipinski definition) is 1. The molecule has 0 saturated carbocycles. The van der Waals surface area contributed by atoms with E-state index in [1.807, 2.05) is 12.4 Å². The molecule has 3 heterocycles. The van der Waals surface area contributed by atoms with Gasteiger partial charge in [0.05, 0.1) is 22.1 Å². The van der Waals surface area contributed by atoms with E-state index in [1.165, 1.54) is 43.4 Å². The summed E-state index contributed by atoms with van der Waals surface area (Å²) < 4.78 is 2.34. The van der Waals surface area contributed by atoms with Crippen LogP contribution in [0.4, 0.5) is 0 Å². The SMILES string of the molecule is c1ccc(-n2c3ccc[nH]c3c3c4c(ccc32)c2ccccc2c2ccnc24)cc1. The van der Waals surface area contributed by atoms with Gasteiger partial charge in [-0.05, 0) is 52.6 Å². The number of aromatic nitrogens is 3. The molecule has 0 unspecified atom stereocenters. The van der Waals surface area contributed by atoms with Crippen LogP contribution in [-0.4, -0.2) is 14.5 Å². The first kappa shape index (κ1) is 15.8. The Balaban J connectivity index is 1.82. The van der Waals surface area contributed by atoms with Gasteiger partial charge in [-0.1, -0.05) is 48.5 Å². The molecule has 0 aliphatic heterocycles. The van der Waals surface area contributed by atoms with Gasteiger partial charge in [0.1, 0.15) is 0 Å². The third kappa shape index (κ3) is 1.91. The molecule has 0 spiro atoms. The smallest absolute Gasteiger partial charge is 0.0794 e. The molecule has 0 amide bonds. The average molecular weight is 383 g/mol. The minimum atomic E-state index is 1.07. The molecule has 30 heavy (non-hydrogen) atoms. The summed E-state index contributed by atoms with van der Waals surface area (Å²) in [6.07, 6.45) is 3.93. The number of para-hydroxylation sites is 1. The zero-order valence-electron chi connectivity index (χ0n) is 16.1. The predicted molar refractivity (Wildman–Crippen MR) is 125 cm³/mol. The highest BCUT2D eigenvalue weighted by Gasteiger charge is 2.19. The van der Waals surface area contributed by atoms with Gasteiger partial charge < -0.3 is 9.55 Å². The van der Waals surface area contributed by atoms with Gasteiger partial charge in [-0.15, -0.1) is 0 Å². The maximum atomic E-state index is 4.81. The quantitative estimate of drug-likeness (QED) is 0.305. The fourth-order valence-corrected chi connectivity index (χ4v) is 5.01. The second kappa shape index (κ2) is 5.71. The van der Waals surface area contributed by atoms with Crippen LogP contribution in [0, 0.1) is 0 Å². The van der Waals surface area contributed by atoms with Crippen LogP contribution in [0.25, 0.3) is 60.1 Å². The molecule has 0 radical (unpaired) electrons. The van der Waals surface area contributed by atoms with Gasteiger partial charge in [-0.3, -0.25) is 4.98 Å². The predicted octanol–water partition coefficient (Wildman–Crippen LogP) is 6.97. The van der Waals surface area contributed by atoms with E-state index in [9.17, 15) is 0 Å². The first-order valence-electron chi connectivity index (χ1n) is 10.2. The topological polar surface area (TPSA) is 33.6 Å². The van der Waals surface area contributed by atoms with E-state index in [1.54, 1.807) is 0 Å². The van der Waals surface area contributed by atoms with Crippen molar-refractivity contribution in [3.8, 4) is 5.69 Å². The molecule has 3 heteroatoms. The number of nitrogens with zero attached hydrogens (tertiary/aromatic N) is 2. The Labute approximate surface area is 172 Å². The van der Waals surface area contributed by atoms with Gasteiger partial charge >= 0.3 is 0 Å². The van der Waals surface area contributed by atoms with Gasteiger partial charge in [0, 0.05) is 34.2 Å². The van der Waals surface area contributed by atoms with Crippen LogP contribution >= 0.6 is 0 Å². The summed E-state index contributed by atoms with van der Waals surface area (Å²) in [5.41, 5.74) is 5.72. The molecule has 7 rings (SSSR count). The first-order chi connectivity index (χ1) is 14.9. The molecule has 0 atom stereocenters. The van der Waals surface area contributed by atoms with Crippen molar-refractivity contribution in [1.29, 1.82) is 0 Å². The summed E-state index contributed by atoms with van der Waals surface area (Å²) in [5.74, 6) is 0. The summed E-state index contributed by atoms with van der Waals surface area (Å²) in [4.78, 5) is 8.35. The molecular weight excluding hydrogens is 366 g/mol. The van der Waals surface area contributed by atoms with Crippen LogP contribution in [0.2, 0.25) is 0 Å². The van der Waals surface area contributed by atoms with Crippen molar-refractivity contribution in [2.45, 2.75) is 0 Å². The highest BCUT2D eigenvalue weighted by molar-refractivity contribution is 6.34. The second-order valence-corrected chi connectivity index (χ2v) is 7.74. The van der Waals surface area contributed by atoms with Gasteiger partial charge in [0.15, 0.2) is 0 Å². The Bertz CT molecular complexity index is 1740. The highest BCUT2D eigenvalue weighted by Crippen LogP contribution is 2.42. The fourth-order valence-electron chi connectivity index (χ4n) is 5.01. The Hall–Kier alpha value is -4.11. The second-order valence-electron chi connectivity index (χ2n) is 7.74. The normalized spacial score (nSPS) is 12.0. The zero-order chi connectivity index (χ0) is 19.7. The van der Waals surface area contributed by atoms with Crippen molar-refractivity contribution in [1.82, 2.24) is 14.5 Å². The van der Waals surface area contributed by atoms with E-state index in [2.05, 4.69) is 94.5 Å². The van der Waals surface area contributed by atoms with Crippen molar-refractivity contribution >= 4 is 54.4 Å². The molecule has 3 nitrogen and oxygen atoms in total. The zero-order valence-corrected chi connectivity index (χ0v) is 16.1. The lowest BCUT2D eigenvalue weighted by Gasteiger charge is -2.10. The Morgan fingerprint density at radius 3 is 2.27 bits per heavy atom. The maximum absolute atomic E-state index is 4.81. The van der Waals surface area contributed by atoms with E-state index >= 15 is 0 Å². The molecule has 0 bridgehead atoms. The maximum Gasteiger partial charge on any atom is 0.0794 e. The van der Waals surface area contributed by atoms with Gasteiger partial charge in [0.2, 0.25) is 0 Å². The Kier molecular flexibility index (Phi) is 3.00. The molecule has 0 saturated heterocycles. The van der Waals surface area contributed by atoms with Crippen molar-refractivity contribution in [2.75, 3.05) is 0 Å². The van der Waals surface area contributed by atoms with Crippen LogP contribution < -0.4 is 0 Å². The number of hydrogen-bond acceptors (Lipinski definition) is 1. The molecule has 0 aliphatic rings. The molecular formula is C27H17N3. The fraction of sp³-hybridized carbons (Fsp3) is 0. The summed E-state index contributed by atoms with van der Waals surface area (Å²) in [5, 5.41) is 7.42. The molecule has 3 aromatic heterocycles. The van der Waals surface area contributed by atoms with E-state index < -0.39 is 0 Å². The highest BCUT2D eigenvalue weighted by atomic mass is 15.0. The first-order valence-corrected chi connectivity index (χ1v) is 10.2. The molecule has 7 aromatic rings. The molecule has 140 valence electrons. The van der Waals surface area contributed by atoms with Crippen molar-refractivity contribution in [3.05, 3.63) is 97.3 Å². The van der Waals surface area contributed by atoms with Crippen LogP contribution in [-0.2, 0) is 0 Å². The lowest BCUT2D eigenvalue weighted by molar-refractivity contribution is 1.18. The lowest BCUT2D eigenvalue weighted by atomic mass is 9.96. The average Bonchev–Trinajstić information content (AvgIpc) is 3.43. The number of pyridine rings is 1. The summed E-state index contributed by atoms with van der Waals surface area (Å²) in [6, 6.07) is 30.1. The molecule has 0 aliphatic carbocycles. The lowest BCUT2D eigenvalue weighted by Crippen LogP contribution is -1.93. The monoisotopic (exact) mass is 383 g/mol. The van der Waals surface area contributed by atoms with Gasteiger partial charge in [0.25, 0.3) is 0 Å². The number of benzene rings is 4. The standard InChI is InChI=1S/C27H17N3/c1-2-7-17(8-3-1)30-22-13-12-20-18-9-4-5-10-19(18)21-14-16-29-26(21)24(20)25(22)27-23(30)11-6-15-28-27/h1-16,28H.